The fourth-order valence-electron chi connectivity index (χ4n) is 2.52. The van der Waals surface area contributed by atoms with Gasteiger partial charge in [0.1, 0.15) is 18.1 Å². The number of hydrogen-bond acceptors (Lipinski definition) is 6. The molecule has 0 bridgehead atoms. The minimum atomic E-state index is -0.986. The number of nitrogens with zero attached hydrogens (tertiary/aromatic N) is 3. The number of halogens is 1. The number of pyridine rings is 1. The summed E-state index contributed by atoms with van der Waals surface area (Å²) in [6, 6.07) is 7.26. The molecule has 0 saturated carbocycles. The van der Waals surface area contributed by atoms with Gasteiger partial charge in [-0.1, -0.05) is 17.7 Å². The SMILES string of the molecule is CNc1c(Cl)ccc2nc(CC(=O)O)nc(NCc3cccnc3)c12. The van der Waals surface area contributed by atoms with E-state index in [-0.39, 0.29) is 12.2 Å². The summed E-state index contributed by atoms with van der Waals surface area (Å²) < 4.78 is 0. The Hall–Kier alpha value is -2.93. The molecule has 3 N–H and O–H groups in total. The number of carboxylic acid groups (broad SMARTS) is 1. The largest absolute Gasteiger partial charge is 0.481 e. The number of aliphatic carboxylic acids is 1. The summed E-state index contributed by atoms with van der Waals surface area (Å²) in [7, 11) is 1.76. The van der Waals surface area contributed by atoms with Crippen LogP contribution in [0.1, 0.15) is 11.4 Å². The third kappa shape index (κ3) is 3.77. The van der Waals surface area contributed by atoms with Crippen LogP contribution in [-0.4, -0.2) is 33.1 Å². The van der Waals surface area contributed by atoms with Gasteiger partial charge in [-0.25, -0.2) is 9.97 Å². The van der Waals surface area contributed by atoms with Crippen molar-refractivity contribution in [2.24, 2.45) is 0 Å². The van der Waals surface area contributed by atoms with E-state index in [9.17, 15) is 4.79 Å². The Bertz CT molecular complexity index is 918. The first kappa shape index (κ1) is 16.9. The van der Waals surface area contributed by atoms with E-state index in [0.29, 0.717) is 34.0 Å². The van der Waals surface area contributed by atoms with E-state index in [1.54, 1.807) is 31.6 Å². The van der Waals surface area contributed by atoms with Gasteiger partial charge in [0.15, 0.2) is 0 Å². The molecule has 0 fully saturated rings. The molecule has 0 spiro atoms. The van der Waals surface area contributed by atoms with Gasteiger partial charge in [0, 0.05) is 26.0 Å². The lowest BCUT2D eigenvalue weighted by atomic mass is 10.1. The van der Waals surface area contributed by atoms with Crippen molar-refractivity contribution in [3.8, 4) is 0 Å². The third-order valence-corrected chi connectivity index (χ3v) is 3.92. The summed E-state index contributed by atoms with van der Waals surface area (Å²) in [5.74, 6) is -0.227. The second-order valence-electron chi connectivity index (χ2n) is 5.34. The van der Waals surface area contributed by atoms with Crippen molar-refractivity contribution in [1.82, 2.24) is 15.0 Å². The highest BCUT2D eigenvalue weighted by Crippen LogP contribution is 2.34. The van der Waals surface area contributed by atoms with Gasteiger partial charge in [-0.05, 0) is 23.8 Å². The molecule has 0 radical (unpaired) electrons. The van der Waals surface area contributed by atoms with Crippen LogP contribution in [0.3, 0.4) is 0 Å². The number of nitrogens with one attached hydrogen (secondary N) is 2. The minimum Gasteiger partial charge on any atom is -0.481 e. The van der Waals surface area contributed by atoms with Crippen molar-refractivity contribution in [3.63, 3.8) is 0 Å². The molecule has 0 aliphatic carbocycles. The average Bonchev–Trinajstić information content (AvgIpc) is 2.60. The van der Waals surface area contributed by atoms with Gasteiger partial charge in [0.05, 0.1) is 21.6 Å². The number of carboxylic acids is 1. The van der Waals surface area contributed by atoms with E-state index in [0.717, 1.165) is 5.56 Å². The Kier molecular flexibility index (Phi) is 4.95. The Balaban J connectivity index is 2.08. The van der Waals surface area contributed by atoms with Gasteiger partial charge < -0.3 is 15.7 Å². The average molecular weight is 358 g/mol. The first-order valence-electron chi connectivity index (χ1n) is 7.60. The van der Waals surface area contributed by atoms with Crippen molar-refractivity contribution in [2.75, 3.05) is 17.7 Å². The number of aromatic nitrogens is 3. The molecule has 1 aromatic carbocycles. The van der Waals surface area contributed by atoms with Crippen LogP contribution in [0.5, 0.6) is 0 Å². The standard InChI is InChI=1S/C17H16ClN5O2/c1-19-16-11(18)4-5-12-15(16)17(23-13(22-12)7-14(24)25)21-9-10-3-2-6-20-8-10/h2-6,8,19H,7,9H2,1H3,(H,24,25)(H,21,22,23). The molecule has 3 aromatic rings. The molecule has 0 aliphatic heterocycles. The molecular formula is C17H16ClN5O2. The van der Waals surface area contributed by atoms with Gasteiger partial charge in [0.25, 0.3) is 0 Å². The van der Waals surface area contributed by atoms with Crippen molar-refractivity contribution in [2.45, 2.75) is 13.0 Å². The van der Waals surface area contributed by atoms with Gasteiger partial charge >= 0.3 is 5.97 Å². The molecular weight excluding hydrogens is 342 g/mol. The molecule has 0 amide bonds. The Labute approximate surface area is 149 Å². The lowest BCUT2D eigenvalue weighted by Crippen LogP contribution is -2.10. The fraction of sp³-hybridized carbons (Fsp3) is 0.176. The second kappa shape index (κ2) is 7.31. The van der Waals surface area contributed by atoms with Crippen molar-refractivity contribution >= 4 is 40.0 Å². The van der Waals surface area contributed by atoms with Crippen LogP contribution in [-0.2, 0) is 17.8 Å². The molecule has 7 nitrogen and oxygen atoms in total. The Morgan fingerprint density at radius 3 is 2.80 bits per heavy atom. The predicted molar refractivity (Wildman–Crippen MR) is 97.0 cm³/mol. The van der Waals surface area contributed by atoms with E-state index >= 15 is 0 Å². The van der Waals surface area contributed by atoms with Gasteiger partial charge in [-0.3, -0.25) is 9.78 Å². The zero-order chi connectivity index (χ0) is 17.8. The quantitative estimate of drug-likeness (QED) is 0.623. The minimum absolute atomic E-state index is 0.234. The maximum Gasteiger partial charge on any atom is 0.311 e. The zero-order valence-corrected chi connectivity index (χ0v) is 14.2. The number of anilines is 2. The molecule has 0 saturated heterocycles. The summed E-state index contributed by atoms with van der Waals surface area (Å²) >= 11 is 6.27. The summed E-state index contributed by atoms with van der Waals surface area (Å²) in [5, 5.41) is 16.6. The lowest BCUT2D eigenvalue weighted by molar-refractivity contribution is -0.136. The molecule has 3 rings (SSSR count). The highest BCUT2D eigenvalue weighted by molar-refractivity contribution is 6.35. The number of rotatable bonds is 6. The summed E-state index contributed by atoms with van der Waals surface area (Å²) in [6.45, 7) is 0.488. The van der Waals surface area contributed by atoms with Crippen LogP contribution in [0, 0.1) is 0 Å². The normalized spacial score (nSPS) is 10.6. The molecule has 2 aromatic heterocycles. The van der Waals surface area contributed by atoms with E-state index in [1.807, 2.05) is 12.1 Å². The first-order chi connectivity index (χ1) is 12.1. The van der Waals surface area contributed by atoms with Crippen LogP contribution < -0.4 is 10.6 Å². The highest BCUT2D eigenvalue weighted by Gasteiger charge is 2.15. The van der Waals surface area contributed by atoms with Gasteiger partial charge in [-0.15, -0.1) is 0 Å². The van der Waals surface area contributed by atoms with Gasteiger partial charge in [-0.2, -0.15) is 0 Å². The lowest BCUT2D eigenvalue weighted by Gasteiger charge is -2.14. The van der Waals surface area contributed by atoms with Crippen LogP contribution in [0.2, 0.25) is 5.02 Å². The molecule has 0 unspecified atom stereocenters. The fourth-order valence-corrected chi connectivity index (χ4v) is 2.78. The molecule has 0 aliphatic rings. The zero-order valence-electron chi connectivity index (χ0n) is 13.5. The maximum absolute atomic E-state index is 11.0. The van der Waals surface area contributed by atoms with Gasteiger partial charge in [0.2, 0.25) is 0 Å². The van der Waals surface area contributed by atoms with E-state index < -0.39 is 5.97 Å². The molecule has 8 heteroatoms. The number of carbonyl (C=O) groups is 1. The molecule has 0 atom stereocenters. The molecule has 2 heterocycles. The summed E-state index contributed by atoms with van der Waals surface area (Å²) in [5.41, 5.74) is 2.28. The highest BCUT2D eigenvalue weighted by atomic mass is 35.5. The van der Waals surface area contributed by atoms with Crippen molar-refractivity contribution in [1.29, 1.82) is 0 Å². The molecule has 25 heavy (non-hydrogen) atoms. The smallest absolute Gasteiger partial charge is 0.311 e. The van der Waals surface area contributed by atoms with E-state index in [2.05, 4.69) is 25.6 Å². The first-order valence-corrected chi connectivity index (χ1v) is 7.97. The number of hydrogen-bond donors (Lipinski definition) is 3. The Morgan fingerprint density at radius 2 is 2.12 bits per heavy atom. The van der Waals surface area contributed by atoms with Crippen LogP contribution >= 0.6 is 11.6 Å². The number of benzene rings is 1. The van der Waals surface area contributed by atoms with Crippen LogP contribution in [0.15, 0.2) is 36.7 Å². The van der Waals surface area contributed by atoms with Crippen LogP contribution in [0.25, 0.3) is 10.9 Å². The second-order valence-corrected chi connectivity index (χ2v) is 5.75. The topological polar surface area (TPSA) is 100 Å². The van der Waals surface area contributed by atoms with E-state index in [1.165, 1.54) is 0 Å². The Morgan fingerprint density at radius 1 is 1.28 bits per heavy atom. The van der Waals surface area contributed by atoms with Crippen molar-refractivity contribution < 1.29 is 9.90 Å². The predicted octanol–water partition coefficient (Wildman–Crippen LogP) is 2.96. The van der Waals surface area contributed by atoms with Crippen LogP contribution in [0.4, 0.5) is 11.5 Å². The van der Waals surface area contributed by atoms with E-state index in [4.69, 9.17) is 16.7 Å². The monoisotopic (exact) mass is 357 g/mol. The maximum atomic E-state index is 11.0. The van der Waals surface area contributed by atoms with Crippen molar-refractivity contribution in [3.05, 3.63) is 53.1 Å². The molecule has 128 valence electrons. The summed E-state index contributed by atoms with van der Waals surface area (Å²) in [6.07, 6.45) is 3.20. The summed E-state index contributed by atoms with van der Waals surface area (Å²) in [4.78, 5) is 23.8. The number of fused-ring (bicyclic) bond motifs is 1. The third-order valence-electron chi connectivity index (χ3n) is 3.60.